The van der Waals surface area contributed by atoms with Crippen LogP contribution in [0.25, 0.3) is 0 Å². The lowest BCUT2D eigenvalue weighted by atomic mass is 9.44. The molecule has 2 N–H and O–H groups in total. The van der Waals surface area contributed by atoms with E-state index in [1.807, 2.05) is 0 Å². The SMILES string of the molecule is CC(=O)[C@@H]1CC[C@H]2[C@H]3CC[C@H]4C[C@H](O)CC[C@]4(C)[C@@H]3C[C@H](O)[C@]12C. The summed E-state index contributed by atoms with van der Waals surface area (Å²) in [5.41, 5.74) is 0.0726. The molecule has 0 aliphatic heterocycles. The first-order valence-electron chi connectivity index (χ1n) is 10.1. The molecule has 0 spiro atoms. The van der Waals surface area contributed by atoms with Crippen molar-refractivity contribution in [3.8, 4) is 0 Å². The highest BCUT2D eigenvalue weighted by Gasteiger charge is 2.63. The highest BCUT2D eigenvalue weighted by molar-refractivity contribution is 5.79. The van der Waals surface area contributed by atoms with Crippen molar-refractivity contribution in [3.63, 3.8) is 0 Å². The summed E-state index contributed by atoms with van der Waals surface area (Å²) in [6.07, 6.45) is 7.92. The maximum atomic E-state index is 12.2. The zero-order valence-corrected chi connectivity index (χ0v) is 15.5. The molecule has 136 valence electrons. The Bertz CT molecular complexity index is 531. The van der Waals surface area contributed by atoms with Crippen LogP contribution in [0, 0.1) is 40.4 Å². The van der Waals surface area contributed by atoms with Gasteiger partial charge in [-0.1, -0.05) is 13.8 Å². The van der Waals surface area contributed by atoms with Crippen molar-refractivity contribution in [2.75, 3.05) is 0 Å². The van der Waals surface area contributed by atoms with E-state index < -0.39 is 0 Å². The predicted octanol–water partition coefficient (Wildman–Crippen LogP) is 3.57. The van der Waals surface area contributed by atoms with Gasteiger partial charge in [-0.25, -0.2) is 0 Å². The minimum atomic E-state index is -0.345. The van der Waals surface area contributed by atoms with Crippen LogP contribution in [0.4, 0.5) is 0 Å². The number of hydrogen-bond acceptors (Lipinski definition) is 3. The molecule has 4 aliphatic carbocycles. The second kappa shape index (κ2) is 5.54. The van der Waals surface area contributed by atoms with Crippen molar-refractivity contribution in [3.05, 3.63) is 0 Å². The lowest BCUT2D eigenvalue weighted by molar-refractivity contribution is -0.173. The average Bonchev–Trinajstić information content (AvgIpc) is 2.88. The molecular formula is C21H34O3. The molecule has 3 heteroatoms. The van der Waals surface area contributed by atoms with Crippen molar-refractivity contribution in [2.24, 2.45) is 40.4 Å². The van der Waals surface area contributed by atoms with Gasteiger partial charge in [-0.15, -0.1) is 0 Å². The van der Waals surface area contributed by atoms with Crippen molar-refractivity contribution in [1.29, 1.82) is 0 Å². The van der Waals surface area contributed by atoms with Gasteiger partial charge in [-0.2, -0.15) is 0 Å². The number of aliphatic hydroxyl groups is 2. The fraction of sp³-hybridized carbons (Fsp3) is 0.952. The molecule has 0 aromatic carbocycles. The van der Waals surface area contributed by atoms with Crippen LogP contribution in [0.5, 0.6) is 0 Å². The van der Waals surface area contributed by atoms with Crippen molar-refractivity contribution >= 4 is 5.78 Å². The number of carbonyl (C=O) groups excluding carboxylic acids is 1. The molecule has 0 saturated heterocycles. The van der Waals surface area contributed by atoms with E-state index in [1.54, 1.807) is 6.92 Å². The Labute approximate surface area is 146 Å². The van der Waals surface area contributed by atoms with Crippen LogP contribution in [-0.4, -0.2) is 28.2 Å². The van der Waals surface area contributed by atoms with Gasteiger partial charge in [0.15, 0.2) is 0 Å². The van der Waals surface area contributed by atoms with Crippen molar-refractivity contribution in [2.45, 2.75) is 84.3 Å². The molecular weight excluding hydrogens is 300 g/mol. The number of fused-ring (bicyclic) bond motifs is 5. The number of Topliss-reactive ketones (excluding diaryl/α,β-unsaturated/α-hetero) is 1. The number of aliphatic hydroxyl groups excluding tert-OH is 2. The van der Waals surface area contributed by atoms with Gasteiger partial charge in [0, 0.05) is 11.3 Å². The smallest absolute Gasteiger partial charge is 0.133 e. The maximum absolute atomic E-state index is 12.2. The molecule has 0 unspecified atom stereocenters. The van der Waals surface area contributed by atoms with Gasteiger partial charge >= 0.3 is 0 Å². The highest BCUT2D eigenvalue weighted by atomic mass is 16.3. The summed E-state index contributed by atoms with van der Waals surface area (Å²) in [5, 5.41) is 21.3. The number of hydrogen-bond donors (Lipinski definition) is 2. The van der Waals surface area contributed by atoms with E-state index in [2.05, 4.69) is 13.8 Å². The van der Waals surface area contributed by atoms with Crippen LogP contribution in [0.3, 0.4) is 0 Å². The highest BCUT2D eigenvalue weighted by Crippen LogP contribution is 2.67. The first-order valence-corrected chi connectivity index (χ1v) is 10.1. The van der Waals surface area contributed by atoms with Gasteiger partial charge in [0.1, 0.15) is 5.78 Å². The third kappa shape index (κ3) is 2.13. The summed E-state index contributed by atoms with van der Waals surface area (Å²) in [6, 6.07) is 0. The predicted molar refractivity (Wildman–Crippen MR) is 93.3 cm³/mol. The van der Waals surface area contributed by atoms with Crippen LogP contribution in [0.15, 0.2) is 0 Å². The van der Waals surface area contributed by atoms with Gasteiger partial charge < -0.3 is 10.2 Å². The van der Waals surface area contributed by atoms with E-state index in [-0.39, 0.29) is 34.7 Å². The molecule has 0 amide bonds. The quantitative estimate of drug-likeness (QED) is 0.771. The summed E-state index contributed by atoms with van der Waals surface area (Å²) < 4.78 is 0. The molecule has 24 heavy (non-hydrogen) atoms. The van der Waals surface area contributed by atoms with Crippen LogP contribution in [0.2, 0.25) is 0 Å². The molecule has 9 atom stereocenters. The number of rotatable bonds is 1. The lowest BCUT2D eigenvalue weighted by Gasteiger charge is -2.62. The minimum Gasteiger partial charge on any atom is -0.393 e. The first-order chi connectivity index (χ1) is 11.3. The Hall–Kier alpha value is -0.410. The second-order valence-electron chi connectivity index (χ2n) is 9.94. The maximum Gasteiger partial charge on any atom is 0.133 e. The molecule has 4 fully saturated rings. The average molecular weight is 335 g/mol. The van der Waals surface area contributed by atoms with Crippen LogP contribution in [-0.2, 0) is 4.79 Å². The number of carbonyl (C=O) groups is 1. The normalized spacial score (nSPS) is 57.0. The second-order valence-corrected chi connectivity index (χ2v) is 9.94. The third-order valence-corrected chi connectivity index (χ3v) is 9.24. The summed E-state index contributed by atoms with van der Waals surface area (Å²) >= 11 is 0. The van der Waals surface area contributed by atoms with Gasteiger partial charge in [0.2, 0.25) is 0 Å². The minimum absolute atomic E-state index is 0.0529. The van der Waals surface area contributed by atoms with Gasteiger partial charge in [-0.05, 0) is 87.4 Å². The standard InChI is InChI=1S/C21H34O3/c1-12(22)16-6-7-17-15-5-4-13-10-14(23)8-9-20(13,2)18(15)11-19(24)21(16,17)3/h13-19,23-24H,4-11H2,1-3H3/t13-,14+,15+,16-,17-,18+,19-,20-,21+/m0/s1. The molecule has 3 nitrogen and oxygen atoms in total. The van der Waals surface area contributed by atoms with Gasteiger partial charge in [0.25, 0.3) is 0 Å². The Balaban J connectivity index is 1.66. The third-order valence-electron chi connectivity index (χ3n) is 9.24. The fourth-order valence-corrected chi connectivity index (χ4v) is 7.86. The van der Waals surface area contributed by atoms with E-state index in [0.717, 1.165) is 38.5 Å². The largest absolute Gasteiger partial charge is 0.393 e. The molecule has 4 saturated carbocycles. The molecule has 0 aromatic rings. The summed E-state index contributed by atoms with van der Waals surface area (Å²) in [7, 11) is 0. The Morgan fingerprint density at radius 2 is 1.71 bits per heavy atom. The van der Waals surface area contributed by atoms with Gasteiger partial charge in [0.05, 0.1) is 12.2 Å². The van der Waals surface area contributed by atoms with E-state index in [0.29, 0.717) is 23.7 Å². The lowest BCUT2D eigenvalue weighted by Crippen LogP contribution is -2.58. The number of ketones is 1. The fourth-order valence-electron chi connectivity index (χ4n) is 7.86. The zero-order valence-electron chi connectivity index (χ0n) is 15.5. The molecule has 4 aliphatic rings. The molecule has 0 aromatic heterocycles. The van der Waals surface area contributed by atoms with Crippen molar-refractivity contribution in [1.82, 2.24) is 0 Å². The summed E-state index contributed by atoms with van der Waals surface area (Å²) in [5.74, 6) is 2.69. The molecule has 0 heterocycles. The van der Waals surface area contributed by atoms with Gasteiger partial charge in [-0.3, -0.25) is 4.79 Å². The van der Waals surface area contributed by atoms with E-state index in [9.17, 15) is 15.0 Å². The summed E-state index contributed by atoms with van der Waals surface area (Å²) in [6.45, 7) is 6.36. The Morgan fingerprint density at radius 1 is 0.958 bits per heavy atom. The van der Waals surface area contributed by atoms with Crippen LogP contribution in [0.1, 0.15) is 72.1 Å². The van der Waals surface area contributed by atoms with E-state index >= 15 is 0 Å². The zero-order chi connectivity index (χ0) is 17.3. The molecule has 4 rings (SSSR count). The first kappa shape index (κ1) is 17.0. The van der Waals surface area contributed by atoms with Crippen LogP contribution < -0.4 is 0 Å². The molecule has 0 radical (unpaired) electrons. The van der Waals surface area contributed by atoms with Crippen LogP contribution >= 0.6 is 0 Å². The Morgan fingerprint density at radius 3 is 2.42 bits per heavy atom. The van der Waals surface area contributed by atoms with E-state index in [4.69, 9.17) is 0 Å². The van der Waals surface area contributed by atoms with Crippen molar-refractivity contribution < 1.29 is 15.0 Å². The molecule has 0 bridgehead atoms. The summed E-state index contributed by atoms with van der Waals surface area (Å²) in [4.78, 5) is 12.2. The van der Waals surface area contributed by atoms with E-state index in [1.165, 1.54) is 12.8 Å². The Kier molecular flexibility index (Phi) is 3.93. The topological polar surface area (TPSA) is 57.5 Å². The monoisotopic (exact) mass is 334 g/mol.